The molecule has 48 heavy (non-hydrogen) atoms. The number of hydrogen-bond acceptors (Lipinski definition) is 7. The van der Waals surface area contributed by atoms with Crippen LogP contribution in [0.15, 0.2) is 79.9 Å². The first-order valence-electron chi connectivity index (χ1n) is 17.2. The fourth-order valence-electron chi connectivity index (χ4n) is 5.69. The fourth-order valence-corrected chi connectivity index (χ4v) is 8.30. The number of fused-ring (bicyclic) bond motifs is 1. The molecule has 0 N–H and O–H groups in total. The van der Waals surface area contributed by atoms with Gasteiger partial charge in [0.25, 0.3) is 0 Å². The Balaban J connectivity index is 1.77. The van der Waals surface area contributed by atoms with E-state index in [0.717, 1.165) is 16.9 Å². The fraction of sp³-hybridized carbons (Fsp3) is 0.590. The molecule has 2 saturated heterocycles. The molecular formula is C39H60O7Si2. The second kappa shape index (κ2) is 15.4. The molecule has 2 heterocycles. The van der Waals surface area contributed by atoms with Gasteiger partial charge in [0.1, 0.15) is 54.6 Å². The van der Waals surface area contributed by atoms with Crippen LogP contribution >= 0.6 is 0 Å². The lowest BCUT2D eigenvalue weighted by Gasteiger charge is -2.56. The van der Waals surface area contributed by atoms with Crippen molar-refractivity contribution >= 4 is 16.6 Å². The SMILES string of the molecule is C=C[C@@H]1O[C@H]2[C@@H](O[C@H](C=C)[C@@H](O[Si](C)(C)C(C)(C)C)[C@@H]2OCc2ccccc2)[C@H](OCc2ccc(OC)cc2)[C@H]1O[Si](C)(C)C(C)(C)C. The van der Waals surface area contributed by atoms with Gasteiger partial charge in [-0.1, -0.05) is 96.2 Å². The predicted octanol–water partition coefficient (Wildman–Crippen LogP) is 8.85. The summed E-state index contributed by atoms with van der Waals surface area (Å²) in [6.45, 7) is 31.7. The molecule has 2 aliphatic rings. The van der Waals surface area contributed by atoms with E-state index in [1.807, 2.05) is 54.6 Å². The number of rotatable bonds is 13. The van der Waals surface area contributed by atoms with Crippen LogP contribution in [0.4, 0.5) is 0 Å². The van der Waals surface area contributed by atoms with Crippen molar-refractivity contribution in [1.82, 2.24) is 0 Å². The highest BCUT2D eigenvalue weighted by atomic mass is 28.4. The Hall–Kier alpha value is -2.09. The summed E-state index contributed by atoms with van der Waals surface area (Å²) in [7, 11) is -2.90. The number of methoxy groups -OCH3 is 1. The number of hydrogen-bond donors (Lipinski definition) is 0. The van der Waals surface area contributed by atoms with Crippen molar-refractivity contribution in [3.8, 4) is 5.75 Å². The molecule has 4 rings (SSSR count). The van der Waals surface area contributed by atoms with Crippen LogP contribution in [0.5, 0.6) is 5.75 Å². The molecule has 0 unspecified atom stereocenters. The van der Waals surface area contributed by atoms with Crippen LogP contribution < -0.4 is 4.74 Å². The quantitative estimate of drug-likeness (QED) is 0.153. The highest BCUT2D eigenvalue weighted by molar-refractivity contribution is 6.74. The minimum absolute atomic E-state index is 0.0251. The number of ether oxygens (including phenoxy) is 5. The molecule has 0 spiro atoms. The molecule has 2 fully saturated rings. The highest BCUT2D eigenvalue weighted by Crippen LogP contribution is 2.45. The maximum Gasteiger partial charge on any atom is 0.192 e. The molecule has 2 aromatic rings. The second-order valence-corrected chi connectivity index (χ2v) is 25.7. The molecular weight excluding hydrogens is 637 g/mol. The van der Waals surface area contributed by atoms with E-state index in [1.165, 1.54) is 0 Å². The first-order chi connectivity index (χ1) is 22.4. The Morgan fingerprint density at radius 3 is 1.38 bits per heavy atom. The average Bonchev–Trinajstić information content (AvgIpc) is 3.02. The van der Waals surface area contributed by atoms with Crippen molar-refractivity contribution in [2.75, 3.05) is 7.11 Å². The Morgan fingerprint density at radius 2 is 1.02 bits per heavy atom. The van der Waals surface area contributed by atoms with Gasteiger partial charge in [0, 0.05) is 0 Å². The zero-order valence-electron chi connectivity index (χ0n) is 31.2. The van der Waals surface area contributed by atoms with Crippen LogP contribution in [-0.2, 0) is 41.0 Å². The smallest absolute Gasteiger partial charge is 0.192 e. The van der Waals surface area contributed by atoms with Crippen LogP contribution in [0.25, 0.3) is 0 Å². The van der Waals surface area contributed by atoms with Gasteiger partial charge < -0.3 is 32.5 Å². The molecule has 2 aliphatic heterocycles. The minimum Gasteiger partial charge on any atom is -0.497 e. The summed E-state index contributed by atoms with van der Waals surface area (Å²) in [6.07, 6.45) is -0.0786. The molecule has 0 saturated carbocycles. The Bertz CT molecular complexity index is 1330. The van der Waals surface area contributed by atoms with Gasteiger partial charge >= 0.3 is 0 Å². The molecule has 266 valence electrons. The van der Waals surface area contributed by atoms with Gasteiger partial charge in [-0.05, 0) is 59.5 Å². The monoisotopic (exact) mass is 696 g/mol. The van der Waals surface area contributed by atoms with Crippen LogP contribution in [-0.4, -0.2) is 72.6 Å². The summed E-state index contributed by atoms with van der Waals surface area (Å²) in [4.78, 5) is 0. The van der Waals surface area contributed by atoms with Crippen molar-refractivity contribution in [3.63, 3.8) is 0 Å². The molecule has 0 aromatic heterocycles. The maximum absolute atomic E-state index is 7.15. The third-order valence-electron chi connectivity index (χ3n) is 10.7. The lowest BCUT2D eigenvalue weighted by molar-refractivity contribution is -0.308. The van der Waals surface area contributed by atoms with Gasteiger partial charge in [-0.15, -0.1) is 13.2 Å². The van der Waals surface area contributed by atoms with Crippen LogP contribution in [0.2, 0.25) is 36.3 Å². The first kappa shape index (κ1) is 38.7. The molecule has 2 aromatic carbocycles. The summed E-state index contributed by atoms with van der Waals surface area (Å²) in [5.41, 5.74) is 2.09. The second-order valence-electron chi connectivity index (χ2n) is 16.2. The van der Waals surface area contributed by atoms with E-state index in [0.29, 0.717) is 13.2 Å². The van der Waals surface area contributed by atoms with Crippen LogP contribution in [0.1, 0.15) is 52.7 Å². The number of benzene rings is 2. The zero-order valence-corrected chi connectivity index (χ0v) is 33.2. The molecule has 0 amide bonds. The third kappa shape index (κ3) is 8.79. The van der Waals surface area contributed by atoms with E-state index in [4.69, 9.17) is 32.5 Å². The van der Waals surface area contributed by atoms with E-state index in [1.54, 1.807) is 7.11 Å². The summed E-state index contributed by atoms with van der Waals surface area (Å²) < 4.78 is 47.4. The lowest BCUT2D eigenvalue weighted by Crippen LogP contribution is -2.71. The first-order valence-corrected chi connectivity index (χ1v) is 23.1. The van der Waals surface area contributed by atoms with Gasteiger partial charge in [-0.2, -0.15) is 0 Å². The lowest BCUT2D eigenvalue weighted by atomic mass is 9.85. The van der Waals surface area contributed by atoms with Crippen LogP contribution in [0, 0.1) is 0 Å². The van der Waals surface area contributed by atoms with Crippen molar-refractivity contribution in [2.24, 2.45) is 0 Å². The van der Waals surface area contributed by atoms with Gasteiger partial charge in [0.15, 0.2) is 16.6 Å². The molecule has 7 nitrogen and oxygen atoms in total. The van der Waals surface area contributed by atoms with Crippen molar-refractivity contribution in [2.45, 2.75) is 140 Å². The summed E-state index contributed by atoms with van der Waals surface area (Å²) >= 11 is 0. The standard InChI is InChI=1S/C39H60O7Si2/c1-14-30-32(45-47(10,11)38(3,4)5)34(41-25-27-19-17-16-18-20-27)36-37(44-30)35(42-26-28-21-23-29(40-9)24-22-28)33(31(15-2)43-36)46-48(12,13)39(6,7)8/h14-24,30-37H,1-2,25-26H2,3-13H3/t30-,31+,32-,33+,34+,35-,36-,37+/m1/s1. The van der Waals surface area contributed by atoms with Crippen LogP contribution in [0.3, 0.4) is 0 Å². The highest BCUT2D eigenvalue weighted by Gasteiger charge is 2.59. The van der Waals surface area contributed by atoms with E-state index >= 15 is 0 Å². The molecule has 8 atom stereocenters. The predicted molar refractivity (Wildman–Crippen MR) is 198 cm³/mol. The Kier molecular flexibility index (Phi) is 12.4. The normalized spacial score (nSPS) is 28.4. The molecule has 0 aliphatic carbocycles. The van der Waals surface area contributed by atoms with Gasteiger partial charge in [0.2, 0.25) is 0 Å². The zero-order chi connectivity index (χ0) is 35.5. The molecule has 9 heteroatoms. The van der Waals surface area contributed by atoms with Crippen molar-refractivity contribution in [3.05, 3.63) is 91.0 Å². The van der Waals surface area contributed by atoms with E-state index < -0.39 is 65.5 Å². The third-order valence-corrected chi connectivity index (χ3v) is 19.7. The largest absolute Gasteiger partial charge is 0.497 e. The topological polar surface area (TPSA) is 64.6 Å². The van der Waals surface area contributed by atoms with Gasteiger partial charge in [-0.3, -0.25) is 0 Å². The minimum atomic E-state index is -2.29. The van der Waals surface area contributed by atoms with E-state index in [9.17, 15) is 0 Å². The van der Waals surface area contributed by atoms with E-state index in [-0.39, 0.29) is 10.1 Å². The molecule has 0 radical (unpaired) electrons. The summed E-state index contributed by atoms with van der Waals surface area (Å²) in [6, 6.07) is 18.1. The van der Waals surface area contributed by atoms with Gasteiger partial charge in [0.05, 0.1) is 20.3 Å². The average molecular weight is 697 g/mol. The Labute approximate surface area is 292 Å². The summed E-state index contributed by atoms with van der Waals surface area (Å²) in [5.74, 6) is 0.798. The molecule has 0 bridgehead atoms. The Morgan fingerprint density at radius 1 is 0.625 bits per heavy atom. The summed E-state index contributed by atoms with van der Waals surface area (Å²) in [5, 5.41) is -0.0562. The van der Waals surface area contributed by atoms with Crippen molar-refractivity contribution in [1.29, 1.82) is 0 Å². The van der Waals surface area contributed by atoms with Crippen molar-refractivity contribution < 1.29 is 32.5 Å². The van der Waals surface area contributed by atoms with Gasteiger partial charge in [-0.25, -0.2) is 0 Å². The maximum atomic E-state index is 7.15. The van der Waals surface area contributed by atoms with E-state index in [2.05, 4.69) is 93.0 Å².